The van der Waals surface area contributed by atoms with Gasteiger partial charge >= 0.3 is 0 Å². The molecule has 1 aliphatic carbocycles. The van der Waals surface area contributed by atoms with Gasteiger partial charge < -0.3 is 9.64 Å². The van der Waals surface area contributed by atoms with Crippen LogP contribution in [0.4, 0.5) is 0 Å². The fraction of sp³-hybridized carbons (Fsp3) is 0.818. The maximum absolute atomic E-state index is 6.54. The predicted octanol–water partition coefficient (Wildman–Crippen LogP) is 4.91. The Morgan fingerprint density at radius 1 is 0.920 bits per heavy atom. The van der Waals surface area contributed by atoms with Crippen LogP contribution in [0.15, 0.2) is 23.6 Å². The van der Waals surface area contributed by atoms with Crippen molar-refractivity contribution in [3.8, 4) is 0 Å². The lowest BCUT2D eigenvalue weighted by Crippen LogP contribution is -2.47. The lowest BCUT2D eigenvalue weighted by atomic mass is 9.70. The molecular formula is C22H40N2O. The smallest absolute Gasteiger partial charge is 0.121 e. The van der Waals surface area contributed by atoms with Crippen LogP contribution in [0.25, 0.3) is 0 Å². The number of fused-ring (bicyclic) bond motifs is 2. The maximum atomic E-state index is 6.54. The highest BCUT2D eigenvalue weighted by molar-refractivity contribution is 5.17. The topological polar surface area (TPSA) is 15.7 Å². The fourth-order valence-electron chi connectivity index (χ4n) is 4.84. The molecule has 5 atom stereocenters. The number of nitrogens with zero attached hydrogens (tertiary/aromatic N) is 2. The van der Waals surface area contributed by atoms with Gasteiger partial charge in [0, 0.05) is 37.2 Å². The molecule has 0 fully saturated rings. The fourth-order valence-corrected chi connectivity index (χ4v) is 4.84. The number of hydrogen-bond donors (Lipinski definition) is 0. The summed E-state index contributed by atoms with van der Waals surface area (Å²) in [7, 11) is 0. The lowest BCUT2D eigenvalue weighted by molar-refractivity contribution is 0.0142. The van der Waals surface area contributed by atoms with Crippen LogP contribution in [-0.2, 0) is 4.74 Å². The molecular weight excluding hydrogens is 308 g/mol. The largest absolute Gasteiger partial charge is 0.491 e. The van der Waals surface area contributed by atoms with Crippen LogP contribution in [-0.4, -0.2) is 48.1 Å². The summed E-state index contributed by atoms with van der Waals surface area (Å²) in [5.74, 6) is 3.06. The normalized spacial score (nSPS) is 32.4. The van der Waals surface area contributed by atoms with Crippen molar-refractivity contribution in [1.29, 1.82) is 0 Å². The van der Waals surface area contributed by atoms with Gasteiger partial charge in [-0.05, 0) is 57.3 Å². The molecule has 25 heavy (non-hydrogen) atoms. The Kier molecular flexibility index (Phi) is 7.42. The summed E-state index contributed by atoms with van der Waals surface area (Å²) in [5, 5.41) is 0. The highest BCUT2D eigenvalue weighted by atomic mass is 16.5. The molecule has 1 aliphatic heterocycles. The third-order valence-electron chi connectivity index (χ3n) is 6.61. The Hall–Kier alpha value is -0.960. The van der Waals surface area contributed by atoms with Crippen LogP contribution < -0.4 is 0 Å². The summed E-state index contributed by atoms with van der Waals surface area (Å²) in [6.07, 6.45) is 7.24. The van der Waals surface area contributed by atoms with Gasteiger partial charge in [0.05, 0.1) is 5.76 Å². The third kappa shape index (κ3) is 4.24. The van der Waals surface area contributed by atoms with Crippen molar-refractivity contribution in [3.05, 3.63) is 23.6 Å². The number of ether oxygens (including phenoxy) is 1. The van der Waals surface area contributed by atoms with Crippen LogP contribution >= 0.6 is 0 Å². The molecule has 0 saturated carbocycles. The van der Waals surface area contributed by atoms with Gasteiger partial charge in [0.25, 0.3) is 0 Å². The van der Waals surface area contributed by atoms with Gasteiger partial charge in [-0.2, -0.15) is 0 Å². The van der Waals surface area contributed by atoms with Gasteiger partial charge in [-0.1, -0.05) is 34.6 Å². The lowest BCUT2D eigenvalue weighted by Gasteiger charge is -2.46. The summed E-state index contributed by atoms with van der Waals surface area (Å²) in [4.78, 5) is 5.12. The van der Waals surface area contributed by atoms with E-state index in [9.17, 15) is 0 Å². The van der Waals surface area contributed by atoms with E-state index in [0.717, 1.165) is 32.6 Å². The van der Waals surface area contributed by atoms with E-state index in [1.165, 1.54) is 17.9 Å². The van der Waals surface area contributed by atoms with Crippen LogP contribution in [0.5, 0.6) is 0 Å². The Bertz CT molecular complexity index is 476. The van der Waals surface area contributed by atoms with Gasteiger partial charge in [0.15, 0.2) is 0 Å². The van der Waals surface area contributed by atoms with Crippen molar-refractivity contribution < 1.29 is 4.74 Å². The first-order valence-corrected chi connectivity index (χ1v) is 10.6. The zero-order chi connectivity index (χ0) is 18.6. The average Bonchev–Trinajstić information content (AvgIpc) is 2.63. The number of hydrogen-bond acceptors (Lipinski definition) is 3. The molecule has 0 aromatic heterocycles. The second kappa shape index (κ2) is 9.12. The van der Waals surface area contributed by atoms with E-state index in [-0.39, 0.29) is 6.10 Å². The molecule has 0 spiro atoms. The molecule has 1 heterocycles. The van der Waals surface area contributed by atoms with Crippen LogP contribution in [0.3, 0.4) is 0 Å². The molecule has 0 radical (unpaired) electrons. The van der Waals surface area contributed by atoms with Gasteiger partial charge in [-0.25, -0.2) is 0 Å². The van der Waals surface area contributed by atoms with E-state index < -0.39 is 0 Å². The van der Waals surface area contributed by atoms with Crippen molar-refractivity contribution in [2.24, 2.45) is 17.8 Å². The molecule has 0 aromatic carbocycles. The number of likely N-dealkylation sites (N-methyl/N-ethyl adjacent to an activating group) is 1. The summed E-state index contributed by atoms with van der Waals surface area (Å²) in [6, 6.07) is 0.481. The molecule has 3 nitrogen and oxygen atoms in total. The molecule has 144 valence electrons. The first kappa shape index (κ1) is 20.4. The molecule has 3 heteroatoms. The van der Waals surface area contributed by atoms with Gasteiger partial charge in [-0.3, -0.25) is 4.90 Å². The standard InChI is InChI=1S/C22H40N2O/c1-8-19-15-21(24(11-4)12-5)16(6)20-13-18(23(9-2)10-3)14-22(25-19)17(20)7/h14-17,20-22H,8-13H2,1-7H3/t16?,17-,20-,21?,22?/m1/s1. The minimum Gasteiger partial charge on any atom is -0.491 e. The maximum Gasteiger partial charge on any atom is 0.121 e. The van der Waals surface area contributed by atoms with E-state index in [2.05, 4.69) is 70.4 Å². The van der Waals surface area contributed by atoms with Crippen LogP contribution in [0.2, 0.25) is 0 Å². The van der Waals surface area contributed by atoms with Gasteiger partial charge in [0.1, 0.15) is 6.10 Å². The minimum absolute atomic E-state index is 0.223. The summed E-state index contributed by atoms with van der Waals surface area (Å²) in [5.41, 5.74) is 1.50. The zero-order valence-corrected chi connectivity index (χ0v) is 17.6. The zero-order valence-electron chi connectivity index (χ0n) is 17.6. The summed E-state index contributed by atoms with van der Waals surface area (Å²) >= 11 is 0. The van der Waals surface area contributed by atoms with Gasteiger partial charge in [-0.15, -0.1) is 0 Å². The van der Waals surface area contributed by atoms with E-state index in [0.29, 0.717) is 23.8 Å². The van der Waals surface area contributed by atoms with E-state index in [1.807, 2.05) is 0 Å². The first-order valence-electron chi connectivity index (χ1n) is 10.6. The molecule has 0 N–H and O–H groups in total. The first-order chi connectivity index (χ1) is 12.0. The average molecular weight is 349 g/mol. The Labute approximate surface area is 156 Å². The number of rotatable bonds is 7. The summed E-state index contributed by atoms with van der Waals surface area (Å²) < 4.78 is 6.54. The van der Waals surface area contributed by atoms with Crippen LogP contribution in [0, 0.1) is 17.8 Å². The van der Waals surface area contributed by atoms with Gasteiger partial charge in [0.2, 0.25) is 0 Å². The highest BCUT2D eigenvalue weighted by Crippen LogP contribution is 2.42. The second-order valence-electron chi connectivity index (χ2n) is 7.70. The van der Waals surface area contributed by atoms with E-state index in [4.69, 9.17) is 4.74 Å². The quantitative estimate of drug-likeness (QED) is 0.650. The van der Waals surface area contributed by atoms with Crippen molar-refractivity contribution in [2.45, 2.75) is 73.5 Å². The minimum atomic E-state index is 0.223. The van der Waals surface area contributed by atoms with Crippen molar-refractivity contribution in [3.63, 3.8) is 0 Å². The third-order valence-corrected chi connectivity index (χ3v) is 6.61. The Morgan fingerprint density at radius 3 is 2.08 bits per heavy atom. The molecule has 0 amide bonds. The van der Waals surface area contributed by atoms with E-state index >= 15 is 0 Å². The second-order valence-corrected chi connectivity index (χ2v) is 7.70. The molecule has 2 bridgehead atoms. The molecule has 0 saturated heterocycles. The number of allylic oxidation sites excluding steroid dienone is 2. The molecule has 2 aliphatic rings. The predicted molar refractivity (Wildman–Crippen MR) is 107 cm³/mol. The van der Waals surface area contributed by atoms with Crippen molar-refractivity contribution in [1.82, 2.24) is 9.80 Å². The summed E-state index contributed by atoms with van der Waals surface area (Å²) in [6.45, 7) is 20.5. The molecule has 0 aromatic rings. The Balaban J connectivity index is 2.42. The highest BCUT2D eigenvalue weighted by Gasteiger charge is 2.40. The SMILES string of the molecule is CCC1=CC(N(CC)CC)C(C)[C@H]2CC(N(CC)CC)=CC(O1)[C@@H]2C. The monoisotopic (exact) mass is 348 g/mol. The van der Waals surface area contributed by atoms with E-state index in [1.54, 1.807) is 0 Å². The molecule has 3 unspecified atom stereocenters. The van der Waals surface area contributed by atoms with Crippen molar-refractivity contribution in [2.75, 3.05) is 26.2 Å². The Morgan fingerprint density at radius 2 is 1.56 bits per heavy atom. The van der Waals surface area contributed by atoms with Crippen LogP contribution in [0.1, 0.15) is 61.3 Å². The molecule has 2 rings (SSSR count). The van der Waals surface area contributed by atoms with Crippen molar-refractivity contribution >= 4 is 0 Å².